The van der Waals surface area contributed by atoms with Crippen LogP contribution in [-0.4, -0.2) is 103 Å². The fraction of sp³-hybridized carbons (Fsp3) is 0.536. The molecule has 2 heterocycles. The molecular formula is C28H34F3N5O9S. The molecule has 3 amide bonds. The van der Waals surface area contributed by atoms with Crippen LogP contribution in [0.5, 0.6) is 5.75 Å². The Morgan fingerprint density at radius 3 is 2.28 bits per heavy atom. The first-order chi connectivity index (χ1) is 21.5. The minimum atomic E-state index is -5.79. The summed E-state index contributed by atoms with van der Waals surface area (Å²) in [5.41, 5.74) is -1.43. The number of nitrogens with one attached hydrogen (secondary N) is 1. The summed E-state index contributed by atoms with van der Waals surface area (Å²) in [6.07, 6.45) is -0.456. The number of hydrogen-bond acceptors (Lipinski definition) is 9. The highest BCUT2D eigenvalue weighted by Gasteiger charge is 2.49. The number of amides is 3. The van der Waals surface area contributed by atoms with Gasteiger partial charge in [-0.05, 0) is 57.2 Å². The summed E-state index contributed by atoms with van der Waals surface area (Å²) in [7, 11) is -5.79. The van der Waals surface area contributed by atoms with Crippen LogP contribution < -0.4 is 15.2 Å². The van der Waals surface area contributed by atoms with Gasteiger partial charge in [-0.15, -0.1) is 0 Å². The van der Waals surface area contributed by atoms with Crippen molar-refractivity contribution in [1.29, 1.82) is 0 Å². The molecule has 18 heteroatoms. The van der Waals surface area contributed by atoms with Crippen LogP contribution in [0.2, 0.25) is 0 Å². The van der Waals surface area contributed by atoms with Crippen molar-refractivity contribution >= 4 is 44.8 Å². The molecule has 4 N–H and O–H groups in total. The molecule has 1 aliphatic carbocycles. The van der Waals surface area contributed by atoms with Gasteiger partial charge in [0.15, 0.2) is 0 Å². The van der Waals surface area contributed by atoms with Crippen LogP contribution in [0.4, 0.5) is 18.0 Å². The van der Waals surface area contributed by atoms with E-state index in [1.54, 1.807) is 32.0 Å². The number of pyridine rings is 1. The largest absolute Gasteiger partial charge is 0.511 e. The summed E-state index contributed by atoms with van der Waals surface area (Å²) in [5, 5.41) is 10.2. The number of piperazine rings is 1. The Morgan fingerprint density at radius 1 is 1.13 bits per heavy atom. The Morgan fingerprint density at radius 2 is 1.76 bits per heavy atom. The van der Waals surface area contributed by atoms with Gasteiger partial charge >= 0.3 is 27.6 Å². The lowest BCUT2D eigenvalue weighted by Gasteiger charge is -2.39. The summed E-state index contributed by atoms with van der Waals surface area (Å²) in [6.45, 7) is 2.67. The zero-order valence-electron chi connectivity index (χ0n) is 25.1. The average molecular weight is 674 g/mol. The van der Waals surface area contributed by atoms with Crippen LogP contribution >= 0.6 is 0 Å². The highest BCUT2D eigenvalue weighted by molar-refractivity contribution is 7.90. The second-order valence-corrected chi connectivity index (χ2v) is 12.8. The summed E-state index contributed by atoms with van der Waals surface area (Å²) < 4.78 is 75.2. The lowest BCUT2D eigenvalue weighted by molar-refractivity contribution is -0.163. The molecule has 0 radical (unpaired) electrons. The highest BCUT2D eigenvalue weighted by atomic mass is 32.2. The Bertz CT molecular complexity index is 1640. The van der Waals surface area contributed by atoms with Gasteiger partial charge in [-0.3, -0.25) is 14.6 Å². The Labute approximate surface area is 262 Å². The van der Waals surface area contributed by atoms with Gasteiger partial charge < -0.3 is 30.1 Å². The number of benzene rings is 1. The topological polar surface area (TPSA) is 199 Å². The zero-order chi connectivity index (χ0) is 34.0. The Balaban J connectivity index is 1.82. The number of sulfonamides is 1. The van der Waals surface area contributed by atoms with E-state index in [0.717, 1.165) is 0 Å². The van der Waals surface area contributed by atoms with Crippen molar-refractivity contribution in [1.82, 2.24) is 19.5 Å². The van der Waals surface area contributed by atoms with Gasteiger partial charge in [-0.2, -0.15) is 13.2 Å². The van der Waals surface area contributed by atoms with E-state index in [1.807, 2.05) is 0 Å². The van der Waals surface area contributed by atoms with Crippen LogP contribution in [0.25, 0.3) is 10.9 Å². The highest BCUT2D eigenvalue weighted by Crippen LogP contribution is 2.43. The SMILES string of the molecule is CCOC(=O)N1CCN(C(=O)C(CCNS(=O)(=O)C(F)(F)F)c2nc3cc(C)ccc3c(OC3(C(=O)O)CCC3)c2C(N)=O)CC1. The lowest BCUT2D eigenvalue weighted by Crippen LogP contribution is -2.52. The van der Waals surface area contributed by atoms with Crippen LogP contribution in [0.15, 0.2) is 18.2 Å². The predicted octanol–water partition coefficient (Wildman–Crippen LogP) is 2.24. The molecule has 1 atom stereocenters. The predicted molar refractivity (Wildman–Crippen MR) is 155 cm³/mol. The van der Waals surface area contributed by atoms with E-state index in [0.29, 0.717) is 12.0 Å². The van der Waals surface area contributed by atoms with Crippen LogP contribution in [0, 0.1) is 6.92 Å². The molecule has 1 aromatic heterocycles. The van der Waals surface area contributed by atoms with E-state index in [2.05, 4.69) is 4.98 Å². The maximum Gasteiger partial charge on any atom is 0.511 e. The third-order valence-corrected chi connectivity index (χ3v) is 9.19. The maximum absolute atomic E-state index is 14.1. The molecule has 0 bridgehead atoms. The van der Waals surface area contributed by atoms with Gasteiger partial charge in [0.2, 0.25) is 11.5 Å². The molecular weight excluding hydrogens is 639 g/mol. The van der Waals surface area contributed by atoms with E-state index < -0.39 is 69.5 Å². The van der Waals surface area contributed by atoms with Crippen LogP contribution in [0.1, 0.15) is 60.1 Å². The number of aromatic nitrogens is 1. The van der Waals surface area contributed by atoms with Gasteiger partial charge in [0.05, 0.1) is 23.7 Å². The van der Waals surface area contributed by atoms with Crippen molar-refractivity contribution in [3.05, 3.63) is 35.0 Å². The summed E-state index contributed by atoms with van der Waals surface area (Å²) >= 11 is 0. The number of rotatable bonds is 11. The number of nitrogens with two attached hydrogens (primary N) is 1. The quantitative estimate of drug-likeness (QED) is 0.318. The monoisotopic (exact) mass is 673 g/mol. The Kier molecular flexibility index (Phi) is 10.0. The van der Waals surface area contributed by atoms with E-state index in [4.69, 9.17) is 15.2 Å². The van der Waals surface area contributed by atoms with Gasteiger partial charge in [0.1, 0.15) is 11.3 Å². The first-order valence-corrected chi connectivity index (χ1v) is 15.9. The van der Waals surface area contributed by atoms with Gasteiger partial charge in [0.25, 0.3) is 5.91 Å². The summed E-state index contributed by atoms with van der Waals surface area (Å²) in [5.74, 6) is -4.97. The molecule has 252 valence electrons. The molecule has 1 saturated carbocycles. The molecule has 2 aromatic rings. The fourth-order valence-electron chi connectivity index (χ4n) is 5.35. The lowest BCUT2D eigenvalue weighted by atomic mass is 9.80. The minimum Gasteiger partial charge on any atom is -0.478 e. The van der Waals surface area contributed by atoms with Crippen molar-refractivity contribution in [2.24, 2.45) is 5.73 Å². The number of carbonyl (C=O) groups excluding carboxylic acids is 3. The van der Waals surface area contributed by atoms with Gasteiger partial charge in [-0.25, -0.2) is 22.7 Å². The number of fused-ring (bicyclic) bond motifs is 1. The van der Waals surface area contributed by atoms with Crippen molar-refractivity contribution in [2.75, 3.05) is 39.3 Å². The number of alkyl halides is 3. The zero-order valence-corrected chi connectivity index (χ0v) is 25.9. The maximum atomic E-state index is 14.1. The number of carbonyl (C=O) groups is 4. The Hall–Kier alpha value is -4.19. The molecule has 46 heavy (non-hydrogen) atoms. The summed E-state index contributed by atoms with van der Waals surface area (Å²) in [4.78, 5) is 58.7. The number of carboxylic acid groups (broad SMARTS) is 1. The molecule has 2 aliphatic rings. The van der Waals surface area contributed by atoms with E-state index >= 15 is 0 Å². The number of carboxylic acids is 1. The number of hydrogen-bond donors (Lipinski definition) is 3. The van der Waals surface area contributed by atoms with Crippen molar-refractivity contribution < 1.29 is 55.3 Å². The second kappa shape index (κ2) is 13.3. The van der Waals surface area contributed by atoms with E-state index in [9.17, 15) is 45.9 Å². The molecule has 14 nitrogen and oxygen atoms in total. The second-order valence-electron chi connectivity index (χ2n) is 11.0. The summed E-state index contributed by atoms with van der Waals surface area (Å²) in [6, 6.07) is 4.78. The van der Waals surface area contributed by atoms with E-state index in [1.165, 1.54) is 14.5 Å². The molecule has 1 aliphatic heterocycles. The number of nitrogens with zero attached hydrogens (tertiary/aromatic N) is 3. The first kappa shape index (κ1) is 34.7. The smallest absolute Gasteiger partial charge is 0.478 e. The fourth-order valence-corrected chi connectivity index (χ4v) is 5.90. The number of halogens is 3. The molecule has 4 rings (SSSR count). The number of primary amides is 1. The first-order valence-electron chi connectivity index (χ1n) is 14.4. The van der Waals surface area contributed by atoms with Gasteiger partial charge in [-0.1, -0.05) is 6.07 Å². The third kappa shape index (κ3) is 6.96. The third-order valence-electron chi connectivity index (χ3n) is 7.99. The van der Waals surface area contributed by atoms with Crippen molar-refractivity contribution in [3.8, 4) is 5.75 Å². The molecule has 2 fully saturated rings. The number of ether oxygens (including phenoxy) is 2. The molecule has 1 aromatic carbocycles. The average Bonchev–Trinajstić information content (AvgIpc) is 2.95. The van der Waals surface area contributed by atoms with E-state index in [-0.39, 0.29) is 68.0 Å². The standard InChI is InChI=1S/C28H34F3N5O9S/c1-3-44-26(41)36-13-11-35(12-14-36)24(38)18(7-10-33-46(42,43)28(29,30)31)21-20(23(32)37)22(45-27(25(39)40)8-4-9-27)17-6-5-16(2)15-19(17)34-21/h5-6,15,18,33H,3-4,7-14H2,1-2H3,(H2,32,37)(H,39,40). The molecule has 1 saturated heterocycles. The molecule has 0 spiro atoms. The number of aryl methyl sites for hydroxylation is 1. The van der Waals surface area contributed by atoms with Crippen molar-refractivity contribution in [2.45, 2.75) is 56.6 Å². The van der Waals surface area contributed by atoms with Crippen LogP contribution in [0.3, 0.4) is 0 Å². The van der Waals surface area contributed by atoms with Gasteiger partial charge in [0, 0.05) is 38.1 Å². The normalized spacial score (nSPS) is 17.2. The minimum absolute atomic E-state index is 0.0213. The van der Waals surface area contributed by atoms with Crippen LogP contribution in [-0.2, 0) is 24.3 Å². The number of aliphatic carboxylic acids is 1. The van der Waals surface area contributed by atoms with Crippen molar-refractivity contribution in [3.63, 3.8) is 0 Å². The molecule has 1 unspecified atom stereocenters.